The van der Waals surface area contributed by atoms with Crippen LogP contribution in [-0.2, 0) is 0 Å². The van der Waals surface area contributed by atoms with Gasteiger partial charge in [-0.15, -0.1) is 0 Å². The van der Waals surface area contributed by atoms with E-state index >= 15 is 0 Å². The topological polar surface area (TPSA) is 12.0 Å². The van der Waals surface area contributed by atoms with Gasteiger partial charge in [0, 0.05) is 6.54 Å². The zero-order valence-electron chi connectivity index (χ0n) is 11.7. The van der Waals surface area contributed by atoms with E-state index < -0.39 is 0 Å². The van der Waals surface area contributed by atoms with Crippen LogP contribution in [0.1, 0.15) is 60.8 Å². The summed E-state index contributed by atoms with van der Waals surface area (Å²) in [6.45, 7) is 16.3. The third-order valence-corrected chi connectivity index (χ3v) is 3.70. The van der Waals surface area contributed by atoms with E-state index in [9.17, 15) is 0 Å². The van der Waals surface area contributed by atoms with Gasteiger partial charge in [0.1, 0.15) is 0 Å². The summed E-state index contributed by atoms with van der Waals surface area (Å²) in [6, 6.07) is 0. The summed E-state index contributed by atoms with van der Waals surface area (Å²) in [6.07, 6.45) is 3.93. The van der Waals surface area contributed by atoms with Crippen molar-refractivity contribution in [3.8, 4) is 0 Å². The van der Waals surface area contributed by atoms with Crippen LogP contribution >= 0.6 is 0 Å². The quantitative estimate of drug-likeness (QED) is 0.640. The third-order valence-electron chi connectivity index (χ3n) is 3.70. The van der Waals surface area contributed by atoms with Crippen molar-refractivity contribution in [3.63, 3.8) is 0 Å². The fourth-order valence-corrected chi connectivity index (χ4v) is 2.22. The summed E-state index contributed by atoms with van der Waals surface area (Å²) in [5.41, 5.74) is 0.485. The highest BCUT2D eigenvalue weighted by Gasteiger charge is 2.28. The van der Waals surface area contributed by atoms with Crippen molar-refractivity contribution < 1.29 is 0 Å². The minimum Gasteiger partial charge on any atom is -0.316 e. The lowest BCUT2D eigenvalue weighted by Gasteiger charge is -2.36. The second kappa shape index (κ2) is 7.27. The zero-order chi connectivity index (χ0) is 11.9. The van der Waals surface area contributed by atoms with Gasteiger partial charge >= 0.3 is 0 Å². The van der Waals surface area contributed by atoms with Gasteiger partial charge in [0.2, 0.25) is 0 Å². The lowest BCUT2D eigenvalue weighted by molar-refractivity contribution is 0.169. The lowest BCUT2D eigenvalue weighted by Crippen LogP contribution is -2.38. The zero-order valence-corrected chi connectivity index (χ0v) is 11.7. The second-order valence-electron chi connectivity index (χ2n) is 5.74. The van der Waals surface area contributed by atoms with Gasteiger partial charge in [-0.2, -0.15) is 0 Å². The number of hydrogen-bond donors (Lipinski definition) is 1. The molecule has 0 aromatic carbocycles. The monoisotopic (exact) mass is 213 g/mol. The van der Waals surface area contributed by atoms with Crippen molar-refractivity contribution in [1.29, 1.82) is 0 Å². The molecule has 1 heteroatoms. The number of hydrogen-bond acceptors (Lipinski definition) is 1. The molecule has 0 aromatic rings. The van der Waals surface area contributed by atoms with Crippen LogP contribution in [-0.4, -0.2) is 13.1 Å². The Balaban J connectivity index is 4.12. The first-order valence-electron chi connectivity index (χ1n) is 6.67. The first-order chi connectivity index (χ1) is 6.96. The van der Waals surface area contributed by atoms with E-state index in [1.807, 2.05) is 0 Å². The predicted molar refractivity (Wildman–Crippen MR) is 70.2 cm³/mol. The van der Waals surface area contributed by atoms with Gasteiger partial charge in [0.15, 0.2) is 0 Å². The summed E-state index contributed by atoms with van der Waals surface area (Å²) in [5.74, 6) is 1.57. The van der Waals surface area contributed by atoms with E-state index in [1.54, 1.807) is 0 Å². The van der Waals surface area contributed by atoms with Crippen molar-refractivity contribution in [3.05, 3.63) is 0 Å². The molecule has 0 aromatic heterocycles. The largest absolute Gasteiger partial charge is 0.316 e. The molecular formula is C14H31N. The van der Waals surface area contributed by atoms with Gasteiger partial charge in [-0.3, -0.25) is 0 Å². The maximum Gasteiger partial charge on any atom is 0.000782 e. The molecule has 0 amide bonds. The van der Waals surface area contributed by atoms with Crippen LogP contribution in [0.5, 0.6) is 0 Å². The molecule has 0 bridgehead atoms. The van der Waals surface area contributed by atoms with Crippen LogP contribution in [0.15, 0.2) is 0 Å². The second-order valence-corrected chi connectivity index (χ2v) is 5.74. The minimum atomic E-state index is 0.485. The SMILES string of the molecule is CCCC(C)(CNCC(C)C)C(C)CC. The Kier molecular flexibility index (Phi) is 7.25. The predicted octanol–water partition coefficient (Wildman–Crippen LogP) is 4.08. The third kappa shape index (κ3) is 5.55. The summed E-state index contributed by atoms with van der Waals surface area (Å²) >= 11 is 0. The molecule has 1 nitrogen and oxygen atoms in total. The highest BCUT2D eigenvalue weighted by Crippen LogP contribution is 2.33. The van der Waals surface area contributed by atoms with E-state index in [4.69, 9.17) is 0 Å². The van der Waals surface area contributed by atoms with Crippen LogP contribution in [0.2, 0.25) is 0 Å². The van der Waals surface area contributed by atoms with Crippen molar-refractivity contribution >= 4 is 0 Å². The van der Waals surface area contributed by atoms with Gasteiger partial charge < -0.3 is 5.32 Å². The van der Waals surface area contributed by atoms with Gasteiger partial charge in [-0.25, -0.2) is 0 Å². The molecule has 2 atom stereocenters. The molecule has 0 aliphatic heterocycles. The van der Waals surface area contributed by atoms with Gasteiger partial charge in [0.05, 0.1) is 0 Å². The van der Waals surface area contributed by atoms with E-state index in [1.165, 1.54) is 25.8 Å². The Morgan fingerprint density at radius 1 is 1.13 bits per heavy atom. The fraction of sp³-hybridized carbons (Fsp3) is 1.00. The van der Waals surface area contributed by atoms with E-state index in [2.05, 4.69) is 46.9 Å². The van der Waals surface area contributed by atoms with Crippen molar-refractivity contribution in [2.75, 3.05) is 13.1 Å². The Labute approximate surface area is 97.0 Å². The van der Waals surface area contributed by atoms with E-state index in [0.29, 0.717) is 5.41 Å². The molecule has 0 fully saturated rings. The number of rotatable bonds is 8. The van der Waals surface area contributed by atoms with Crippen LogP contribution in [0, 0.1) is 17.3 Å². The maximum atomic E-state index is 3.63. The molecule has 92 valence electrons. The van der Waals surface area contributed by atoms with E-state index in [0.717, 1.165) is 18.4 Å². The lowest BCUT2D eigenvalue weighted by atomic mass is 9.73. The Hall–Kier alpha value is -0.0400. The Bertz CT molecular complexity index is 153. The first-order valence-corrected chi connectivity index (χ1v) is 6.67. The standard InChI is InChI=1S/C14H31N/c1-7-9-14(6,13(5)8-2)11-15-10-12(3)4/h12-13,15H,7-11H2,1-6H3. The molecule has 0 heterocycles. The van der Waals surface area contributed by atoms with Crippen LogP contribution in [0.4, 0.5) is 0 Å². The number of nitrogens with one attached hydrogen (secondary N) is 1. The molecular weight excluding hydrogens is 182 g/mol. The summed E-state index contributed by atoms with van der Waals surface area (Å²) in [4.78, 5) is 0. The van der Waals surface area contributed by atoms with Gasteiger partial charge in [0.25, 0.3) is 0 Å². The molecule has 0 aliphatic carbocycles. The first kappa shape index (κ1) is 15.0. The van der Waals surface area contributed by atoms with Crippen molar-refractivity contribution in [2.45, 2.75) is 60.8 Å². The summed E-state index contributed by atoms with van der Waals surface area (Å²) in [7, 11) is 0. The molecule has 0 saturated heterocycles. The normalized spacial score (nSPS) is 17.8. The minimum absolute atomic E-state index is 0.485. The van der Waals surface area contributed by atoms with Crippen LogP contribution in [0.25, 0.3) is 0 Å². The molecule has 0 rings (SSSR count). The molecule has 15 heavy (non-hydrogen) atoms. The highest BCUT2D eigenvalue weighted by molar-refractivity contribution is 4.81. The van der Waals surface area contributed by atoms with Crippen LogP contribution < -0.4 is 5.32 Å². The van der Waals surface area contributed by atoms with Crippen molar-refractivity contribution in [1.82, 2.24) is 5.32 Å². The average Bonchev–Trinajstić information content (AvgIpc) is 2.16. The molecule has 0 radical (unpaired) electrons. The molecule has 0 spiro atoms. The molecule has 0 aliphatic rings. The fourth-order valence-electron chi connectivity index (χ4n) is 2.22. The van der Waals surface area contributed by atoms with E-state index in [-0.39, 0.29) is 0 Å². The van der Waals surface area contributed by atoms with Crippen LogP contribution in [0.3, 0.4) is 0 Å². The summed E-state index contributed by atoms with van der Waals surface area (Å²) < 4.78 is 0. The molecule has 2 unspecified atom stereocenters. The molecule has 0 saturated carbocycles. The average molecular weight is 213 g/mol. The highest BCUT2D eigenvalue weighted by atomic mass is 14.9. The van der Waals surface area contributed by atoms with Crippen molar-refractivity contribution in [2.24, 2.45) is 17.3 Å². The maximum absolute atomic E-state index is 3.63. The van der Waals surface area contributed by atoms with Gasteiger partial charge in [-0.05, 0) is 30.2 Å². The Morgan fingerprint density at radius 2 is 1.73 bits per heavy atom. The van der Waals surface area contributed by atoms with Gasteiger partial charge in [-0.1, -0.05) is 54.4 Å². The summed E-state index contributed by atoms with van der Waals surface area (Å²) in [5, 5.41) is 3.63. The Morgan fingerprint density at radius 3 is 2.13 bits per heavy atom. The smallest absolute Gasteiger partial charge is 0.000782 e. The molecule has 1 N–H and O–H groups in total.